The van der Waals surface area contributed by atoms with Crippen LogP contribution in [0.3, 0.4) is 0 Å². The smallest absolute Gasteiger partial charge is 0.120 e. The molecule has 5 heteroatoms. The molecule has 1 aliphatic heterocycles. The Hall–Kier alpha value is -0.480. The van der Waals surface area contributed by atoms with Crippen molar-refractivity contribution in [2.75, 3.05) is 13.2 Å². The molecule has 3 nitrogen and oxygen atoms in total. The lowest BCUT2D eigenvalue weighted by Gasteiger charge is -2.30. The van der Waals surface area contributed by atoms with Crippen molar-refractivity contribution < 1.29 is 10.2 Å². The van der Waals surface area contributed by atoms with Crippen LogP contribution in [-0.4, -0.2) is 29.4 Å². The fourth-order valence-electron chi connectivity index (χ4n) is 2.31. The van der Waals surface area contributed by atoms with Crippen LogP contribution in [0.15, 0.2) is 12.1 Å². The van der Waals surface area contributed by atoms with Crippen LogP contribution in [0.25, 0.3) is 0 Å². The molecule has 0 aromatic heterocycles. The maximum absolute atomic E-state index is 9.90. The number of hydrogen-bond acceptors (Lipinski definition) is 3. The van der Waals surface area contributed by atoms with Crippen LogP contribution in [0.5, 0.6) is 5.75 Å². The standard InChI is InChI=1S/C12H15Cl2NO2/c13-10-4-9(12(17)5-11(10)14)7-1-2-15-8(3-7)6-16/h4-5,7-8,15-17H,1-3,6H2. The molecular formula is C12H15Cl2NO2. The number of hydrogen-bond donors (Lipinski definition) is 3. The summed E-state index contributed by atoms with van der Waals surface area (Å²) in [5.74, 6) is 0.395. The molecule has 17 heavy (non-hydrogen) atoms. The summed E-state index contributed by atoms with van der Waals surface area (Å²) in [6, 6.07) is 3.29. The molecule has 0 radical (unpaired) electrons. The van der Waals surface area contributed by atoms with E-state index in [9.17, 15) is 5.11 Å². The van der Waals surface area contributed by atoms with Crippen LogP contribution < -0.4 is 5.32 Å². The van der Waals surface area contributed by atoms with Gasteiger partial charge in [-0.3, -0.25) is 0 Å². The molecular weight excluding hydrogens is 261 g/mol. The van der Waals surface area contributed by atoms with Crippen molar-refractivity contribution >= 4 is 23.2 Å². The maximum atomic E-state index is 9.90. The molecule has 2 atom stereocenters. The van der Waals surface area contributed by atoms with Gasteiger partial charge in [0.05, 0.1) is 16.7 Å². The number of benzene rings is 1. The van der Waals surface area contributed by atoms with Crippen LogP contribution in [0.4, 0.5) is 0 Å². The van der Waals surface area contributed by atoms with Gasteiger partial charge in [0.25, 0.3) is 0 Å². The summed E-state index contributed by atoms with van der Waals surface area (Å²) in [6.07, 6.45) is 1.71. The lowest BCUT2D eigenvalue weighted by Crippen LogP contribution is -2.39. The minimum Gasteiger partial charge on any atom is -0.508 e. The molecule has 0 spiro atoms. The molecule has 2 rings (SSSR count). The Morgan fingerprint density at radius 3 is 2.71 bits per heavy atom. The van der Waals surface area contributed by atoms with Crippen molar-refractivity contribution in [3.05, 3.63) is 27.7 Å². The molecule has 1 saturated heterocycles. The predicted molar refractivity (Wildman–Crippen MR) is 69.0 cm³/mol. The largest absolute Gasteiger partial charge is 0.508 e. The average molecular weight is 276 g/mol. The maximum Gasteiger partial charge on any atom is 0.120 e. The van der Waals surface area contributed by atoms with E-state index in [2.05, 4.69) is 5.32 Å². The van der Waals surface area contributed by atoms with Crippen LogP contribution >= 0.6 is 23.2 Å². The SMILES string of the molecule is OCC1CC(c2cc(Cl)c(Cl)cc2O)CCN1. The van der Waals surface area contributed by atoms with Crippen LogP contribution in [0.2, 0.25) is 10.0 Å². The first-order chi connectivity index (χ1) is 8.11. The van der Waals surface area contributed by atoms with E-state index in [1.54, 1.807) is 6.07 Å². The first-order valence-corrected chi connectivity index (χ1v) is 6.39. The van der Waals surface area contributed by atoms with Gasteiger partial charge in [0, 0.05) is 12.1 Å². The van der Waals surface area contributed by atoms with Crippen molar-refractivity contribution in [3.8, 4) is 5.75 Å². The zero-order valence-electron chi connectivity index (χ0n) is 9.29. The highest BCUT2D eigenvalue weighted by Gasteiger charge is 2.24. The lowest BCUT2D eigenvalue weighted by molar-refractivity contribution is 0.209. The first kappa shape index (κ1) is 13.0. The molecule has 0 saturated carbocycles. The fraction of sp³-hybridized carbons (Fsp3) is 0.500. The second-order valence-electron chi connectivity index (χ2n) is 4.38. The van der Waals surface area contributed by atoms with Gasteiger partial charge >= 0.3 is 0 Å². The number of aliphatic hydroxyl groups excluding tert-OH is 1. The second-order valence-corrected chi connectivity index (χ2v) is 5.19. The minimum absolute atomic E-state index is 0.0857. The van der Waals surface area contributed by atoms with Gasteiger partial charge in [-0.15, -0.1) is 0 Å². The number of rotatable bonds is 2. The van der Waals surface area contributed by atoms with E-state index in [0.717, 1.165) is 24.9 Å². The van der Waals surface area contributed by atoms with E-state index in [4.69, 9.17) is 28.3 Å². The number of phenolic OH excluding ortho intramolecular Hbond substituents is 1. The fourth-order valence-corrected chi connectivity index (χ4v) is 2.64. The van der Waals surface area contributed by atoms with Crippen molar-refractivity contribution in [3.63, 3.8) is 0 Å². The van der Waals surface area contributed by atoms with Gasteiger partial charge in [-0.2, -0.15) is 0 Å². The molecule has 1 aromatic rings. The van der Waals surface area contributed by atoms with E-state index < -0.39 is 0 Å². The summed E-state index contributed by atoms with van der Waals surface area (Å²) in [4.78, 5) is 0. The molecule has 1 fully saturated rings. The molecule has 3 N–H and O–H groups in total. The second kappa shape index (κ2) is 5.44. The summed E-state index contributed by atoms with van der Waals surface area (Å²) in [7, 11) is 0. The van der Waals surface area contributed by atoms with Crippen LogP contribution in [-0.2, 0) is 0 Å². The highest BCUT2D eigenvalue weighted by molar-refractivity contribution is 6.42. The van der Waals surface area contributed by atoms with Gasteiger partial charge in [0.15, 0.2) is 0 Å². The third-order valence-electron chi connectivity index (χ3n) is 3.22. The molecule has 1 heterocycles. The zero-order chi connectivity index (χ0) is 12.4. The summed E-state index contributed by atoms with van der Waals surface area (Å²) in [6.45, 7) is 0.939. The third-order valence-corrected chi connectivity index (χ3v) is 3.95. The zero-order valence-corrected chi connectivity index (χ0v) is 10.8. The number of nitrogens with one attached hydrogen (secondary N) is 1. The Kier molecular flexibility index (Phi) is 4.15. The third kappa shape index (κ3) is 2.86. The van der Waals surface area contributed by atoms with Gasteiger partial charge in [0.2, 0.25) is 0 Å². The van der Waals surface area contributed by atoms with E-state index in [0.29, 0.717) is 10.0 Å². The molecule has 94 valence electrons. The topological polar surface area (TPSA) is 52.5 Å². The first-order valence-electron chi connectivity index (χ1n) is 5.64. The quantitative estimate of drug-likeness (QED) is 0.778. The van der Waals surface area contributed by atoms with Crippen molar-refractivity contribution in [1.82, 2.24) is 5.32 Å². The molecule has 0 aliphatic carbocycles. The Morgan fingerprint density at radius 1 is 1.29 bits per heavy atom. The monoisotopic (exact) mass is 275 g/mol. The number of aromatic hydroxyl groups is 1. The summed E-state index contributed by atoms with van der Waals surface area (Å²) in [5, 5.41) is 23.1. The van der Waals surface area contributed by atoms with Crippen molar-refractivity contribution in [2.45, 2.75) is 24.8 Å². The average Bonchev–Trinajstić information content (AvgIpc) is 2.34. The molecule has 0 amide bonds. The summed E-state index contributed by atoms with van der Waals surface area (Å²) >= 11 is 11.8. The normalized spacial score (nSPS) is 24.9. The highest BCUT2D eigenvalue weighted by Crippen LogP contribution is 2.38. The Balaban J connectivity index is 2.24. The van der Waals surface area contributed by atoms with Crippen LogP contribution in [0.1, 0.15) is 24.3 Å². The Morgan fingerprint density at radius 2 is 2.00 bits per heavy atom. The minimum atomic E-state index is 0.0857. The number of phenols is 1. The number of halogens is 2. The Labute approximate surface area is 110 Å². The summed E-state index contributed by atoms with van der Waals surface area (Å²) in [5.41, 5.74) is 0.819. The van der Waals surface area contributed by atoms with Gasteiger partial charge in [-0.25, -0.2) is 0 Å². The number of piperidine rings is 1. The highest BCUT2D eigenvalue weighted by atomic mass is 35.5. The molecule has 2 unspecified atom stereocenters. The van der Waals surface area contributed by atoms with E-state index in [1.807, 2.05) is 0 Å². The van der Waals surface area contributed by atoms with Crippen molar-refractivity contribution in [2.24, 2.45) is 0 Å². The van der Waals surface area contributed by atoms with E-state index in [1.165, 1.54) is 6.07 Å². The Bertz CT molecular complexity index is 412. The van der Waals surface area contributed by atoms with Gasteiger partial charge in [-0.1, -0.05) is 23.2 Å². The van der Waals surface area contributed by atoms with Crippen molar-refractivity contribution in [1.29, 1.82) is 0 Å². The lowest BCUT2D eigenvalue weighted by atomic mass is 9.86. The van der Waals surface area contributed by atoms with E-state index >= 15 is 0 Å². The van der Waals surface area contributed by atoms with Gasteiger partial charge < -0.3 is 15.5 Å². The number of aliphatic hydroxyl groups is 1. The van der Waals surface area contributed by atoms with Crippen LogP contribution in [0, 0.1) is 0 Å². The van der Waals surface area contributed by atoms with Gasteiger partial charge in [0.1, 0.15) is 5.75 Å². The predicted octanol–water partition coefficient (Wildman–Crippen LogP) is 2.53. The molecule has 1 aromatic carbocycles. The van der Waals surface area contributed by atoms with E-state index in [-0.39, 0.29) is 24.3 Å². The molecule has 0 bridgehead atoms. The van der Waals surface area contributed by atoms with Gasteiger partial charge in [-0.05, 0) is 36.9 Å². The summed E-state index contributed by atoms with van der Waals surface area (Å²) < 4.78 is 0. The molecule has 1 aliphatic rings.